The number of amides is 1. The van der Waals surface area contributed by atoms with Crippen LogP contribution in [0.1, 0.15) is 51.0 Å². The molecule has 2 N–H and O–H groups in total. The van der Waals surface area contributed by atoms with Gasteiger partial charge in [-0.15, -0.1) is 0 Å². The van der Waals surface area contributed by atoms with Crippen molar-refractivity contribution in [1.82, 2.24) is 14.8 Å². The number of benzene rings is 1. The number of nitrogens with zero attached hydrogens (tertiary/aromatic N) is 2. The highest BCUT2D eigenvalue weighted by molar-refractivity contribution is 6.31. The van der Waals surface area contributed by atoms with E-state index in [1.807, 2.05) is 37.8 Å². The summed E-state index contributed by atoms with van der Waals surface area (Å²) in [5, 5.41) is 4.25. The molecule has 6 nitrogen and oxygen atoms in total. The van der Waals surface area contributed by atoms with Gasteiger partial charge in [-0.3, -0.25) is 9.59 Å². The first-order valence-electron chi connectivity index (χ1n) is 11.5. The monoisotopic (exact) mass is 456 g/mol. The number of carbonyl (C=O) groups is 2. The fourth-order valence-corrected chi connectivity index (χ4v) is 5.44. The number of carbonyl (C=O) groups excluding carboxylic acids is 2. The van der Waals surface area contributed by atoms with E-state index >= 15 is 0 Å². The van der Waals surface area contributed by atoms with E-state index in [1.165, 1.54) is 6.92 Å². The van der Waals surface area contributed by atoms with Gasteiger partial charge < -0.3 is 20.1 Å². The molecule has 2 atom stereocenters. The van der Waals surface area contributed by atoms with Gasteiger partial charge in [-0.25, -0.2) is 0 Å². The molecule has 0 saturated carbocycles. The van der Waals surface area contributed by atoms with E-state index < -0.39 is 0 Å². The summed E-state index contributed by atoms with van der Waals surface area (Å²) in [7, 11) is 0. The average molecular weight is 457 g/mol. The summed E-state index contributed by atoms with van der Waals surface area (Å²) in [4.78, 5) is 32.6. The zero-order valence-electron chi connectivity index (χ0n) is 19.4. The van der Waals surface area contributed by atoms with Crippen LogP contribution in [-0.4, -0.2) is 65.7 Å². The Bertz CT molecular complexity index is 1020. The first kappa shape index (κ1) is 22.9. The summed E-state index contributed by atoms with van der Waals surface area (Å²) in [5.74, 6) is 1.11. The van der Waals surface area contributed by atoms with Crippen LogP contribution < -0.4 is 5.32 Å². The molecule has 0 aliphatic carbocycles. The van der Waals surface area contributed by atoms with Crippen LogP contribution in [0.25, 0.3) is 0 Å². The van der Waals surface area contributed by atoms with Gasteiger partial charge >= 0.3 is 0 Å². The van der Waals surface area contributed by atoms with E-state index in [-0.39, 0.29) is 11.7 Å². The van der Waals surface area contributed by atoms with Crippen molar-refractivity contribution in [3.63, 3.8) is 0 Å². The van der Waals surface area contributed by atoms with Crippen LogP contribution in [0, 0.1) is 32.6 Å². The Morgan fingerprint density at radius 3 is 2.41 bits per heavy atom. The number of likely N-dealkylation sites (tertiary alicyclic amines) is 2. The molecule has 2 aromatic rings. The number of nitrogens with one attached hydrogen (secondary N) is 2. The highest BCUT2D eigenvalue weighted by atomic mass is 35.5. The lowest BCUT2D eigenvalue weighted by molar-refractivity contribution is 0.0773. The second-order valence-corrected chi connectivity index (χ2v) is 9.82. The number of hydrogen-bond acceptors (Lipinski definition) is 4. The zero-order chi connectivity index (χ0) is 23.0. The molecule has 2 aliphatic heterocycles. The van der Waals surface area contributed by atoms with Crippen molar-refractivity contribution >= 4 is 29.0 Å². The summed E-state index contributed by atoms with van der Waals surface area (Å²) in [6.45, 7) is 13.0. The van der Waals surface area contributed by atoms with Gasteiger partial charge in [0.2, 0.25) is 0 Å². The molecule has 2 aliphatic rings. The predicted octanol–water partition coefficient (Wildman–Crippen LogP) is 4.30. The van der Waals surface area contributed by atoms with Gasteiger partial charge in [0.15, 0.2) is 5.78 Å². The third kappa shape index (κ3) is 4.57. The number of halogens is 1. The van der Waals surface area contributed by atoms with Gasteiger partial charge in [-0.05, 0) is 68.8 Å². The Kier molecular flexibility index (Phi) is 6.63. The average Bonchev–Trinajstić information content (AvgIpc) is 3.39. The molecular formula is C25H33ClN4O2. The number of Topliss-reactive ketones (excluding diaryl/α,β-unsaturated/α-hetero) is 1. The van der Waals surface area contributed by atoms with Crippen molar-refractivity contribution in [1.29, 1.82) is 0 Å². The first-order chi connectivity index (χ1) is 15.2. The Balaban J connectivity index is 1.25. The quantitative estimate of drug-likeness (QED) is 0.481. The third-order valence-electron chi connectivity index (χ3n) is 7.00. The van der Waals surface area contributed by atoms with Gasteiger partial charge in [0.1, 0.15) is 0 Å². The smallest absolute Gasteiger partial charge is 0.255 e. The number of aryl methyl sites for hydroxylation is 2. The molecule has 1 amide bonds. The van der Waals surface area contributed by atoms with Crippen LogP contribution in [0.3, 0.4) is 0 Å². The van der Waals surface area contributed by atoms with Crippen LogP contribution >= 0.6 is 11.6 Å². The second-order valence-electron chi connectivity index (χ2n) is 9.42. The number of aromatic nitrogens is 1. The number of hydrogen-bond donors (Lipinski definition) is 2. The van der Waals surface area contributed by atoms with E-state index in [9.17, 15) is 9.59 Å². The predicted molar refractivity (Wildman–Crippen MR) is 129 cm³/mol. The molecule has 172 valence electrons. The lowest BCUT2D eigenvalue weighted by Crippen LogP contribution is -2.34. The maximum Gasteiger partial charge on any atom is 0.255 e. The second kappa shape index (κ2) is 9.28. The molecule has 2 unspecified atom stereocenters. The molecule has 32 heavy (non-hydrogen) atoms. The van der Waals surface area contributed by atoms with Crippen molar-refractivity contribution in [3.05, 3.63) is 51.3 Å². The molecule has 3 heterocycles. The normalized spacial score (nSPS) is 20.6. The molecular weight excluding hydrogens is 424 g/mol. The highest BCUT2D eigenvalue weighted by Crippen LogP contribution is 2.33. The third-order valence-corrected chi connectivity index (χ3v) is 7.41. The van der Waals surface area contributed by atoms with Gasteiger partial charge in [0.05, 0.1) is 11.3 Å². The van der Waals surface area contributed by atoms with Gasteiger partial charge in [0.25, 0.3) is 5.91 Å². The molecule has 4 rings (SSSR count). The van der Waals surface area contributed by atoms with E-state index in [0.29, 0.717) is 23.1 Å². The minimum Gasteiger partial charge on any atom is -0.385 e. The van der Waals surface area contributed by atoms with Crippen molar-refractivity contribution in [2.24, 2.45) is 11.8 Å². The Morgan fingerprint density at radius 1 is 1.12 bits per heavy atom. The number of H-pyrrole nitrogens is 1. The molecule has 1 aromatic carbocycles. The number of aromatic amines is 1. The molecule has 0 bridgehead atoms. The van der Waals surface area contributed by atoms with Gasteiger partial charge in [0, 0.05) is 56.1 Å². The lowest BCUT2D eigenvalue weighted by atomic mass is 10.0. The first-order valence-corrected chi connectivity index (χ1v) is 11.8. The summed E-state index contributed by atoms with van der Waals surface area (Å²) in [5.41, 5.74) is 4.96. The van der Waals surface area contributed by atoms with Crippen LogP contribution in [0.4, 0.5) is 5.69 Å². The minimum atomic E-state index is -0.0291. The van der Waals surface area contributed by atoms with E-state index in [2.05, 4.69) is 21.3 Å². The van der Waals surface area contributed by atoms with Crippen molar-refractivity contribution in [3.8, 4) is 0 Å². The van der Waals surface area contributed by atoms with Crippen LogP contribution in [0.2, 0.25) is 5.02 Å². The molecule has 2 fully saturated rings. The maximum absolute atomic E-state index is 13.2. The number of rotatable bonds is 7. The fourth-order valence-electron chi connectivity index (χ4n) is 5.26. The van der Waals surface area contributed by atoms with Crippen LogP contribution in [0.15, 0.2) is 18.2 Å². The largest absolute Gasteiger partial charge is 0.385 e. The highest BCUT2D eigenvalue weighted by Gasteiger charge is 2.42. The van der Waals surface area contributed by atoms with Crippen molar-refractivity contribution in [2.75, 3.05) is 44.6 Å². The van der Waals surface area contributed by atoms with E-state index in [1.54, 1.807) is 0 Å². The van der Waals surface area contributed by atoms with Crippen molar-refractivity contribution in [2.45, 2.75) is 34.1 Å². The van der Waals surface area contributed by atoms with E-state index in [0.717, 1.165) is 73.2 Å². The van der Waals surface area contributed by atoms with Crippen LogP contribution in [-0.2, 0) is 0 Å². The number of ketones is 1. The summed E-state index contributed by atoms with van der Waals surface area (Å²) in [6, 6.07) is 6.09. The Labute approximate surface area is 195 Å². The SMILES string of the molecule is CC(=O)c1[nH]c(C)c(C(=O)N2CC3CN(CCCNc4ccc(C)c(Cl)c4)CC3C2)c1C. The number of anilines is 1. The summed E-state index contributed by atoms with van der Waals surface area (Å²) in [6.07, 6.45) is 1.07. The zero-order valence-corrected chi connectivity index (χ0v) is 20.2. The summed E-state index contributed by atoms with van der Waals surface area (Å²) < 4.78 is 0. The lowest BCUT2D eigenvalue weighted by Gasteiger charge is -2.22. The number of fused-ring (bicyclic) bond motifs is 1. The molecule has 7 heteroatoms. The van der Waals surface area contributed by atoms with Crippen LogP contribution in [0.5, 0.6) is 0 Å². The summed E-state index contributed by atoms with van der Waals surface area (Å²) >= 11 is 6.20. The molecule has 2 saturated heterocycles. The Hall–Kier alpha value is -2.31. The molecule has 0 radical (unpaired) electrons. The van der Waals surface area contributed by atoms with Gasteiger partial charge in [-0.1, -0.05) is 17.7 Å². The topological polar surface area (TPSA) is 68.4 Å². The van der Waals surface area contributed by atoms with Gasteiger partial charge in [-0.2, -0.15) is 0 Å². The molecule has 1 aromatic heterocycles. The fraction of sp³-hybridized carbons (Fsp3) is 0.520. The maximum atomic E-state index is 13.2. The molecule has 0 spiro atoms. The standard InChI is InChI=1S/C25H33ClN4O2/c1-15-6-7-21(10-22(15)26)27-8-5-9-29-11-19-13-30(14-20(19)12-29)25(32)23-16(2)24(18(4)31)28-17(23)3/h6-7,10,19-20,27-28H,5,8-9,11-14H2,1-4H3. The minimum absolute atomic E-state index is 0.0291. The van der Waals surface area contributed by atoms with Crippen molar-refractivity contribution < 1.29 is 9.59 Å². The van der Waals surface area contributed by atoms with E-state index in [4.69, 9.17) is 11.6 Å². The Morgan fingerprint density at radius 2 is 1.81 bits per heavy atom.